The number of ether oxygens (including phenoxy) is 2. The van der Waals surface area contributed by atoms with E-state index < -0.39 is 5.60 Å². The zero-order chi connectivity index (χ0) is 16.8. The van der Waals surface area contributed by atoms with Crippen LogP contribution in [0, 0.1) is 6.92 Å². The quantitative estimate of drug-likeness (QED) is 0.848. The van der Waals surface area contributed by atoms with Gasteiger partial charge in [0.2, 0.25) is 0 Å². The number of rotatable bonds is 6. The van der Waals surface area contributed by atoms with E-state index in [-0.39, 0.29) is 12.1 Å². The van der Waals surface area contributed by atoms with Crippen LogP contribution in [0.4, 0.5) is 4.79 Å². The third-order valence-electron chi connectivity index (χ3n) is 3.07. The van der Waals surface area contributed by atoms with Gasteiger partial charge in [0.25, 0.3) is 0 Å². The molecule has 0 heterocycles. The number of alkyl carbamates (subject to hydrolysis) is 1. The fourth-order valence-electron chi connectivity index (χ4n) is 1.97. The second-order valence-corrected chi connectivity index (χ2v) is 6.47. The summed E-state index contributed by atoms with van der Waals surface area (Å²) in [6.07, 6.45) is -0.388. The van der Waals surface area contributed by atoms with Gasteiger partial charge in [-0.15, -0.1) is 0 Å². The van der Waals surface area contributed by atoms with Crippen LogP contribution in [0.3, 0.4) is 0 Å². The normalized spacial score (nSPS) is 12.6. The molecule has 5 nitrogen and oxygen atoms in total. The van der Waals surface area contributed by atoms with Gasteiger partial charge in [-0.05, 0) is 51.8 Å². The highest BCUT2D eigenvalue weighted by Crippen LogP contribution is 2.18. The fraction of sp³-hybridized carbons (Fsp3) is 0.588. The fourth-order valence-corrected chi connectivity index (χ4v) is 1.97. The van der Waals surface area contributed by atoms with Gasteiger partial charge in [0.15, 0.2) is 0 Å². The summed E-state index contributed by atoms with van der Waals surface area (Å²) in [6.45, 7) is 10.8. The van der Waals surface area contributed by atoms with Crippen molar-refractivity contribution in [3.8, 4) is 5.75 Å². The van der Waals surface area contributed by atoms with Gasteiger partial charge in [-0.1, -0.05) is 12.1 Å². The number of nitrogens with one attached hydrogen (secondary N) is 2. The molecule has 5 heteroatoms. The van der Waals surface area contributed by atoms with Gasteiger partial charge in [-0.2, -0.15) is 0 Å². The smallest absolute Gasteiger partial charge is 0.407 e. The summed E-state index contributed by atoms with van der Waals surface area (Å²) in [6, 6.07) is 6.25. The molecule has 1 amide bonds. The predicted molar refractivity (Wildman–Crippen MR) is 88.3 cm³/mol. The van der Waals surface area contributed by atoms with Crippen molar-refractivity contribution in [2.24, 2.45) is 0 Å². The van der Waals surface area contributed by atoms with Crippen molar-refractivity contribution >= 4 is 6.09 Å². The maximum atomic E-state index is 11.6. The third kappa shape index (κ3) is 6.80. The Balaban J connectivity index is 2.35. The lowest BCUT2D eigenvalue weighted by molar-refractivity contribution is 0.0523. The van der Waals surface area contributed by atoms with Gasteiger partial charge in [-0.3, -0.25) is 0 Å². The van der Waals surface area contributed by atoms with Crippen LogP contribution in [-0.4, -0.2) is 31.4 Å². The molecule has 22 heavy (non-hydrogen) atoms. The SMILES string of the molecule is COc1ccc(CNC(C)CNC(=O)OC(C)(C)C)cc1C. The van der Waals surface area contributed by atoms with Gasteiger partial charge in [0, 0.05) is 19.1 Å². The number of benzene rings is 1. The standard InChI is InChI=1S/C17H28N2O3/c1-12-9-14(7-8-15(12)21-6)11-18-13(2)10-19-16(20)22-17(3,4)5/h7-9,13,18H,10-11H2,1-6H3,(H,19,20). The lowest BCUT2D eigenvalue weighted by Crippen LogP contribution is -2.41. The Bertz CT molecular complexity index is 495. The van der Waals surface area contributed by atoms with E-state index in [4.69, 9.17) is 9.47 Å². The van der Waals surface area contributed by atoms with Crippen molar-refractivity contribution in [3.05, 3.63) is 29.3 Å². The molecular formula is C17H28N2O3. The van der Waals surface area contributed by atoms with Crippen LogP contribution >= 0.6 is 0 Å². The van der Waals surface area contributed by atoms with Gasteiger partial charge in [0.05, 0.1) is 7.11 Å². The molecule has 0 saturated heterocycles. The minimum absolute atomic E-state index is 0.148. The topological polar surface area (TPSA) is 59.6 Å². The summed E-state index contributed by atoms with van der Waals surface area (Å²) < 4.78 is 10.4. The van der Waals surface area contributed by atoms with Gasteiger partial charge >= 0.3 is 6.09 Å². The monoisotopic (exact) mass is 308 g/mol. The average Bonchev–Trinajstić information content (AvgIpc) is 2.41. The maximum Gasteiger partial charge on any atom is 0.407 e. The highest BCUT2D eigenvalue weighted by atomic mass is 16.6. The number of carbonyl (C=O) groups is 1. The molecule has 0 saturated carbocycles. The summed E-state index contributed by atoms with van der Waals surface area (Å²) in [4.78, 5) is 11.6. The summed E-state index contributed by atoms with van der Waals surface area (Å²) in [5.74, 6) is 0.892. The molecule has 1 atom stereocenters. The van der Waals surface area contributed by atoms with Crippen LogP contribution in [0.25, 0.3) is 0 Å². The summed E-state index contributed by atoms with van der Waals surface area (Å²) in [5, 5.41) is 6.13. The van der Waals surface area contributed by atoms with E-state index in [0.717, 1.165) is 17.9 Å². The molecule has 1 rings (SSSR count). The minimum atomic E-state index is -0.471. The molecule has 0 bridgehead atoms. The number of carbonyl (C=O) groups excluding carboxylic acids is 1. The van der Waals surface area contributed by atoms with Crippen LogP contribution in [0.5, 0.6) is 5.75 Å². The van der Waals surface area contributed by atoms with Crippen molar-refractivity contribution in [3.63, 3.8) is 0 Å². The first kappa shape index (κ1) is 18.3. The number of aryl methyl sites for hydroxylation is 1. The third-order valence-corrected chi connectivity index (χ3v) is 3.07. The molecule has 1 unspecified atom stereocenters. The Labute approximate surface area is 133 Å². The second-order valence-electron chi connectivity index (χ2n) is 6.47. The van der Waals surface area contributed by atoms with E-state index in [9.17, 15) is 4.79 Å². The van der Waals surface area contributed by atoms with Crippen molar-refractivity contribution in [2.75, 3.05) is 13.7 Å². The van der Waals surface area contributed by atoms with Crippen molar-refractivity contribution in [1.29, 1.82) is 0 Å². The molecule has 0 radical (unpaired) electrons. The molecule has 0 aromatic heterocycles. The summed E-state index contributed by atoms with van der Waals surface area (Å²) >= 11 is 0. The first-order chi connectivity index (χ1) is 10.2. The minimum Gasteiger partial charge on any atom is -0.496 e. The molecule has 0 spiro atoms. The number of hydrogen-bond donors (Lipinski definition) is 2. The Morgan fingerprint density at radius 2 is 2.00 bits per heavy atom. The van der Waals surface area contributed by atoms with E-state index in [1.54, 1.807) is 7.11 Å². The van der Waals surface area contributed by atoms with Crippen molar-refractivity contribution in [2.45, 2.75) is 52.8 Å². The molecular weight excluding hydrogens is 280 g/mol. The van der Waals surface area contributed by atoms with E-state index >= 15 is 0 Å². The maximum absolute atomic E-state index is 11.6. The lowest BCUT2D eigenvalue weighted by atomic mass is 10.1. The largest absolute Gasteiger partial charge is 0.496 e. The van der Waals surface area contributed by atoms with Gasteiger partial charge in [-0.25, -0.2) is 4.79 Å². The zero-order valence-corrected chi connectivity index (χ0v) is 14.4. The average molecular weight is 308 g/mol. The summed E-state index contributed by atoms with van der Waals surface area (Å²) in [5.41, 5.74) is 1.82. The summed E-state index contributed by atoms with van der Waals surface area (Å²) in [7, 11) is 1.67. The van der Waals surface area contributed by atoms with Crippen molar-refractivity contribution < 1.29 is 14.3 Å². The molecule has 2 N–H and O–H groups in total. The van der Waals surface area contributed by atoms with Gasteiger partial charge in [0.1, 0.15) is 11.4 Å². The molecule has 0 aliphatic heterocycles. The molecule has 1 aromatic rings. The number of hydrogen-bond acceptors (Lipinski definition) is 4. The van der Waals surface area contributed by atoms with Crippen LogP contribution in [0.15, 0.2) is 18.2 Å². The van der Waals surface area contributed by atoms with Crippen LogP contribution < -0.4 is 15.4 Å². The zero-order valence-electron chi connectivity index (χ0n) is 14.4. The molecule has 0 fully saturated rings. The van der Waals surface area contributed by atoms with Gasteiger partial charge < -0.3 is 20.1 Å². The Kier molecular flexibility index (Phi) is 6.68. The van der Waals surface area contributed by atoms with E-state index in [2.05, 4.69) is 16.7 Å². The van der Waals surface area contributed by atoms with Crippen LogP contribution in [0.2, 0.25) is 0 Å². The molecule has 0 aliphatic carbocycles. The number of amides is 1. The second kappa shape index (κ2) is 8.03. The first-order valence-corrected chi connectivity index (χ1v) is 7.55. The molecule has 0 aliphatic rings. The lowest BCUT2D eigenvalue weighted by Gasteiger charge is -2.21. The van der Waals surface area contributed by atoms with Crippen molar-refractivity contribution in [1.82, 2.24) is 10.6 Å². The van der Waals surface area contributed by atoms with Crippen LogP contribution in [0.1, 0.15) is 38.8 Å². The van der Waals surface area contributed by atoms with E-state index in [1.165, 1.54) is 5.56 Å². The highest BCUT2D eigenvalue weighted by Gasteiger charge is 2.16. The molecule has 124 valence electrons. The van der Waals surface area contributed by atoms with E-state index in [1.807, 2.05) is 46.8 Å². The molecule has 1 aromatic carbocycles. The predicted octanol–water partition coefficient (Wildman–Crippen LogP) is 3.01. The number of methoxy groups -OCH3 is 1. The Morgan fingerprint density at radius 1 is 1.32 bits per heavy atom. The first-order valence-electron chi connectivity index (χ1n) is 7.55. The Hall–Kier alpha value is -1.75. The van der Waals surface area contributed by atoms with Crippen LogP contribution in [-0.2, 0) is 11.3 Å². The Morgan fingerprint density at radius 3 is 2.55 bits per heavy atom. The van der Waals surface area contributed by atoms with E-state index in [0.29, 0.717) is 6.54 Å². The highest BCUT2D eigenvalue weighted by molar-refractivity contribution is 5.67.